The van der Waals surface area contributed by atoms with Gasteiger partial charge in [0, 0.05) is 5.02 Å². The molecule has 18 heavy (non-hydrogen) atoms. The molecule has 0 unspecified atom stereocenters. The Morgan fingerprint density at radius 2 is 2.22 bits per heavy atom. The van der Waals surface area contributed by atoms with E-state index in [4.69, 9.17) is 22.5 Å². The van der Waals surface area contributed by atoms with E-state index in [1.54, 1.807) is 6.07 Å². The molecule has 2 aromatic rings. The van der Waals surface area contributed by atoms with Gasteiger partial charge in [0.15, 0.2) is 17.3 Å². The highest BCUT2D eigenvalue weighted by Crippen LogP contribution is 2.16. The Kier molecular flexibility index (Phi) is 3.75. The quantitative estimate of drug-likeness (QED) is 0.438. The summed E-state index contributed by atoms with van der Waals surface area (Å²) in [5.74, 6) is 0.100. The van der Waals surface area contributed by atoms with E-state index in [0.29, 0.717) is 5.02 Å². The summed E-state index contributed by atoms with van der Waals surface area (Å²) < 4.78 is 4.42. The first-order valence-electron chi connectivity index (χ1n) is 4.98. The van der Waals surface area contributed by atoms with E-state index < -0.39 is 0 Å². The van der Waals surface area contributed by atoms with Crippen LogP contribution in [0.3, 0.4) is 0 Å². The zero-order valence-electron chi connectivity index (χ0n) is 9.17. The lowest BCUT2D eigenvalue weighted by atomic mass is 10.2. The van der Waals surface area contributed by atoms with Gasteiger partial charge in [0.2, 0.25) is 0 Å². The predicted molar refractivity (Wildman–Crippen MR) is 65.3 cm³/mol. The van der Waals surface area contributed by atoms with Crippen LogP contribution in [0.1, 0.15) is 11.3 Å². The Balaban J connectivity index is 2.22. The number of nitrogens with one attached hydrogen (secondary N) is 1. The summed E-state index contributed by atoms with van der Waals surface area (Å²) in [6.45, 7) is 0.259. The normalized spacial score (nSPS) is 11.6. The first-order valence-corrected chi connectivity index (χ1v) is 5.36. The summed E-state index contributed by atoms with van der Waals surface area (Å²) >= 11 is 5.98. The molecule has 0 amide bonds. The molecule has 0 atom stereocenters. The highest BCUT2D eigenvalue weighted by molar-refractivity contribution is 6.31. The molecule has 0 bridgehead atoms. The van der Waals surface area contributed by atoms with Crippen LogP contribution >= 0.6 is 11.6 Å². The van der Waals surface area contributed by atoms with Crippen molar-refractivity contribution in [2.24, 2.45) is 4.99 Å². The lowest BCUT2D eigenvalue weighted by Gasteiger charge is -2.03. The smallest absolute Gasteiger partial charge is 0.199 e. The number of nitrogens with zero attached hydrogens (tertiary/aromatic N) is 3. The molecule has 94 valence electrons. The van der Waals surface area contributed by atoms with Crippen molar-refractivity contribution in [3.63, 3.8) is 0 Å². The SMILES string of the molecule is Nc1nonc1C(=NCc1ccccc1Cl)NO. The summed E-state index contributed by atoms with van der Waals surface area (Å²) in [5.41, 5.74) is 8.34. The van der Waals surface area contributed by atoms with Gasteiger partial charge >= 0.3 is 0 Å². The molecule has 7 nitrogen and oxygen atoms in total. The maximum absolute atomic E-state index is 8.99. The fourth-order valence-electron chi connectivity index (χ4n) is 1.31. The molecule has 0 saturated carbocycles. The summed E-state index contributed by atoms with van der Waals surface area (Å²) in [6, 6.07) is 7.24. The van der Waals surface area contributed by atoms with E-state index in [1.165, 1.54) is 0 Å². The minimum atomic E-state index is 0.0365. The van der Waals surface area contributed by atoms with Crippen LogP contribution in [0.15, 0.2) is 33.9 Å². The van der Waals surface area contributed by atoms with Crippen molar-refractivity contribution in [3.05, 3.63) is 40.5 Å². The van der Waals surface area contributed by atoms with E-state index in [-0.39, 0.29) is 23.9 Å². The highest BCUT2D eigenvalue weighted by atomic mass is 35.5. The van der Waals surface area contributed by atoms with Crippen molar-refractivity contribution in [2.45, 2.75) is 6.54 Å². The van der Waals surface area contributed by atoms with Crippen LogP contribution in [0.4, 0.5) is 5.82 Å². The third-order valence-corrected chi connectivity index (χ3v) is 2.58. The number of nitrogens with two attached hydrogens (primary N) is 1. The van der Waals surface area contributed by atoms with Crippen molar-refractivity contribution in [1.82, 2.24) is 15.8 Å². The van der Waals surface area contributed by atoms with Crippen molar-refractivity contribution in [3.8, 4) is 0 Å². The fraction of sp³-hybridized carbons (Fsp3) is 0.100. The van der Waals surface area contributed by atoms with Gasteiger partial charge in [-0.05, 0) is 21.9 Å². The minimum Gasteiger partial charge on any atom is -0.379 e. The number of hydrogen-bond acceptors (Lipinski definition) is 6. The number of hydroxylamine groups is 1. The highest BCUT2D eigenvalue weighted by Gasteiger charge is 2.13. The number of aromatic nitrogens is 2. The Morgan fingerprint density at radius 1 is 1.44 bits per heavy atom. The Labute approximate surface area is 107 Å². The van der Waals surface area contributed by atoms with Crippen LogP contribution in [0, 0.1) is 0 Å². The van der Waals surface area contributed by atoms with Crippen LogP contribution < -0.4 is 11.2 Å². The number of hydrogen-bond donors (Lipinski definition) is 3. The molecule has 0 aliphatic heterocycles. The van der Waals surface area contributed by atoms with Gasteiger partial charge in [-0.2, -0.15) is 0 Å². The van der Waals surface area contributed by atoms with E-state index in [9.17, 15) is 0 Å². The zero-order valence-corrected chi connectivity index (χ0v) is 9.92. The second-order valence-electron chi connectivity index (χ2n) is 3.37. The maximum Gasteiger partial charge on any atom is 0.199 e. The first-order chi connectivity index (χ1) is 8.72. The third-order valence-electron chi connectivity index (χ3n) is 2.21. The largest absolute Gasteiger partial charge is 0.379 e. The van der Waals surface area contributed by atoms with Gasteiger partial charge in [-0.1, -0.05) is 29.8 Å². The van der Waals surface area contributed by atoms with Crippen LogP contribution in [0.5, 0.6) is 0 Å². The van der Waals surface area contributed by atoms with Crippen LogP contribution in [0.2, 0.25) is 5.02 Å². The topological polar surface area (TPSA) is 110 Å². The van der Waals surface area contributed by atoms with Crippen LogP contribution in [-0.2, 0) is 6.54 Å². The lowest BCUT2D eigenvalue weighted by molar-refractivity contribution is 0.233. The molecule has 1 heterocycles. The van der Waals surface area contributed by atoms with Crippen LogP contribution in [0.25, 0.3) is 0 Å². The predicted octanol–water partition coefficient (Wildman–Crippen LogP) is 1.23. The molecule has 8 heteroatoms. The van der Waals surface area contributed by atoms with Crippen LogP contribution in [-0.4, -0.2) is 21.4 Å². The molecular formula is C10H10ClN5O2. The average molecular weight is 268 g/mol. The number of amidine groups is 1. The third kappa shape index (κ3) is 2.58. The number of benzene rings is 1. The van der Waals surface area contributed by atoms with E-state index in [2.05, 4.69) is 19.9 Å². The number of rotatable bonds is 3. The second-order valence-corrected chi connectivity index (χ2v) is 3.77. The Hall–Kier alpha value is -2.12. The molecule has 4 N–H and O–H groups in total. The minimum absolute atomic E-state index is 0.0365. The van der Waals surface area contributed by atoms with Gasteiger partial charge in [0.05, 0.1) is 6.54 Å². The molecule has 0 aliphatic carbocycles. The van der Waals surface area contributed by atoms with Crippen molar-refractivity contribution in [1.29, 1.82) is 0 Å². The molecule has 0 radical (unpaired) electrons. The zero-order chi connectivity index (χ0) is 13.0. The molecule has 0 aliphatic rings. The molecule has 0 fully saturated rings. The second kappa shape index (κ2) is 5.48. The van der Waals surface area contributed by atoms with Gasteiger partial charge in [-0.15, -0.1) is 0 Å². The molecule has 0 spiro atoms. The van der Waals surface area contributed by atoms with Crippen molar-refractivity contribution in [2.75, 3.05) is 5.73 Å². The summed E-state index contributed by atoms with van der Waals surface area (Å²) in [5, 5.41) is 16.5. The van der Waals surface area contributed by atoms with Gasteiger partial charge < -0.3 is 5.73 Å². The van der Waals surface area contributed by atoms with Crippen molar-refractivity contribution < 1.29 is 9.84 Å². The Bertz CT molecular complexity index is 569. The summed E-state index contributed by atoms with van der Waals surface area (Å²) in [7, 11) is 0. The van der Waals surface area contributed by atoms with E-state index >= 15 is 0 Å². The Morgan fingerprint density at radius 3 is 2.83 bits per heavy atom. The number of anilines is 1. The maximum atomic E-state index is 8.99. The van der Waals surface area contributed by atoms with E-state index in [1.807, 2.05) is 23.7 Å². The number of nitrogen functional groups attached to an aromatic ring is 1. The number of halogens is 1. The average Bonchev–Trinajstić information content (AvgIpc) is 2.79. The van der Waals surface area contributed by atoms with Gasteiger partial charge in [-0.25, -0.2) is 4.63 Å². The summed E-state index contributed by atoms with van der Waals surface area (Å²) in [6.07, 6.45) is 0. The van der Waals surface area contributed by atoms with Gasteiger partial charge in [0.25, 0.3) is 0 Å². The van der Waals surface area contributed by atoms with E-state index in [0.717, 1.165) is 5.56 Å². The monoisotopic (exact) mass is 267 g/mol. The standard InChI is InChI=1S/C10H10ClN5O2/c11-7-4-2-1-3-6(7)5-13-10(14-17)8-9(12)16-18-15-8/h1-4,17H,5H2,(H2,12,16)(H,13,14). The fourth-order valence-corrected chi connectivity index (χ4v) is 1.51. The molecule has 1 aromatic carbocycles. The molecular weight excluding hydrogens is 258 g/mol. The lowest BCUT2D eigenvalue weighted by Crippen LogP contribution is -2.22. The van der Waals surface area contributed by atoms with Crippen molar-refractivity contribution >= 4 is 23.3 Å². The summed E-state index contributed by atoms with van der Waals surface area (Å²) in [4.78, 5) is 4.11. The molecule has 0 saturated heterocycles. The number of aliphatic imine (C=N–C) groups is 1. The van der Waals surface area contributed by atoms with Gasteiger partial charge in [0.1, 0.15) is 0 Å². The molecule has 1 aromatic heterocycles. The first kappa shape index (κ1) is 12.3. The van der Waals surface area contributed by atoms with Gasteiger partial charge in [-0.3, -0.25) is 15.7 Å². The molecule has 2 rings (SSSR count).